The van der Waals surface area contributed by atoms with Crippen molar-refractivity contribution >= 4 is 5.91 Å². The van der Waals surface area contributed by atoms with Crippen molar-refractivity contribution in [1.82, 2.24) is 5.43 Å². The number of hydrogen-bond acceptors (Lipinski definition) is 5. The van der Waals surface area contributed by atoms with E-state index in [-0.39, 0.29) is 17.2 Å². The number of carbonyl (C=O) groups is 1. The van der Waals surface area contributed by atoms with E-state index in [1.807, 2.05) is 36.4 Å². The second kappa shape index (κ2) is 7.03. The molecule has 2 aromatic carbocycles. The number of nitrogens with two attached hydrogens (primary N) is 1. The standard InChI is InChI=1S/C19H22N2O4/c1-23-16-9-8-14(10-17(16)24-2)25-12-19(11-15(19)18(22)21-20)13-6-4-3-5-7-13/h3-10,15H,11-12,20H2,1-2H3,(H,21,22). The van der Waals surface area contributed by atoms with Gasteiger partial charge >= 0.3 is 0 Å². The van der Waals surface area contributed by atoms with Gasteiger partial charge < -0.3 is 14.2 Å². The van der Waals surface area contributed by atoms with Gasteiger partial charge in [-0.05, 0) is 24.1 Å². The molecule has 6 heteroatoms. The fourth-order valence-corrected chi connectivity index (χ4v) is 3.20. The lowest BCUT2D eigenvalue weighted by atomic mass is 9.94. The molecule has 3 N–H and O–H groups in total. The topological polar surface area (TPSA) is 82.8 Å². The van der Waals surface area contributed by atoms with E-state index in [9.17, 15) is 4.79 Å². The summed E-state index contributed by atoms with van der Waals surface area (Å²) < 4.78 is 16.5. The van der Waals surface area contributed by atoms with Gasteiger partial charge in [0.2, 0.25) is 5.91 Å². The number of nitrogens with one attached hydrogen (secondary N) is 1. The highest BCUT2D eigenvalue weighted by Crippen LogP contribution is 2.54. The molecular weight excluding hydrogens is 320 g/mol. The Balaban J connectivity index is 1.80. The van der Waals surface area contributed by atoms with Crippen LogP contribution < -0.4 is 25.5 Å². The van der Waals surface area contributed by atoms with Gasteiger partial charge in [0.25, 0.3) is 0 Å². The molecule has 1 saturated carbocycles. The summed E-state index contributed by atoms with van der Waals surface area (Å²) in [5.74, 6) is 6.85. The monoisotopic (exact) mass is 342 g/mol. The molecule has 2 unspecified atom stereocenters. The predicted molar refractivity (Wildman–Crippen MR) is 93.6 cm³/mol. The number of methoxy groups -OCH3 is 2. The maximum atomic E-state index is 12.0. The molecule has 0 aromatic heterocycles. The minimum Gasteiger partial charge on any atom is -0.493 e. The SMILES string of the molecule is COc1ccc(OCC2(c3ccccc3)CC2C(=O)NN)cc1OC. The van der Waals surface area contributed by atoms with Gasteiger partial charge in [-0.3, -0.25) is 10.2 Å². The van der Waals surface area contributed by atoms with Crippen LogP contribution in [-0.2, 0) is 10.2 Å². The van der Waals surface area contributed by atoms with Crippen LogP contribution in [0, 0.1) is 5.92 Å². The van der Waals surface area contributed by atoms with Crippen molar-refractivity contribution in [3.8, 4) is 17.2 Å². The highest BCUT2D eigenvalue weighted by atomic mass is 16.5. The Morgan fingerprint density at radius 2 is 1.88 bits per heavy atom. The van der Waals surface area contributed by atoms with Crippen molar-refractivity contribution in [1.29, 1.82) is 0 Å². The maximum Gasteiger partial charge on any atom is 0.238 e. The Morgan fingerprint density at radius 1 is 1.16 bits per heavy atom. The van der Waals surface area contributed by atoms with E-state index in [4.69, 9.17) is 20.1 Å². The Kier molecular flexibility index (Phi) is 4.81. The normalized spacial score (nSPS) is 21.3. The average molecular weight is 342 g/mol. The van der Waals surface area contributed by atoms with E-state index >= 15 is 0 Å². The van der Waals surface area contributed by atoms with Crippen LogP contribution in [0.5, 0.6) is 17.2 Å². The van der Waals surface area contributed by atoms with Crippen LogP contribution in [0.2, 0.25) is 0 Å². The molecule has 0 aliphatic heterocycles. The molecule has 25 heavy (non-hydrogen) atoms. The molecule has 0 bridgehead atoms. The number of amides is 1. The molecule has 1 aliphatic carbocycles. The molecule has 1 amide bonds. The number of hydrogen-bond donors (Lipinski definition) is 2. The summed E-state index contributed by atoms with van der Waals surface area (Å²) in [4.78, 5) is 12.0. The lowest BCUT2D eigenvalue weighted by Gasteiger charge is -2.19. The second-order valence-electron chi connectivity index (χ2n) is 6.09. The number of rotatable bonds is 7. The Bertz CT molecular complexity index is 750. The minimum absolute atomic E-state index is 0.167. The highest BCUT2D eigenvalue weighted by Gasteiger charge is 2.59. The van der Waals surface area contributed by atoms with Crippen LogP contribution in [0.4, 0.5) is 0 Å². The van der Waals surface area contributed by atoms with Crippen molar-refractivity contribution in [2.75, 3.05) is 20.8 Å². The van der Waals surface area contributed by atoms with Crippen LogP contribution in [0.1, 0.15) is 12.0 Å². The molecule has 0 spiro atoms. The van der Waals surface area contributed by atoms with Gasteiger partial charge in [-0.25, -0.2) is 5.84 Å². The van der Waals surface area contributed by atoms with Crippen LogP contribution in [-0.4, -0.2) is 26.7 Å². The number of carbonyl (C=O) groups excluding carboxylic acids is 1. The van der Waals surface area contributed by atoms with Gasteiger partial charge in [-0.2, -0.15) is 0 Å². The van der Waals surface area contributed by atoms with E-state index in [1.165, 1.54) is 0 Å². The first kappa shape index (κ1) is 17.1. The van der Waals surface area contributed by atoms with Crippen molar-refractivity contribution in [3.05, 3.63) is 54.1 Å². The molecule has 0 saturated heterocycles. The third-order valence-corrected chi connectivity index (χ3v) is 4.73. The van der Waals surface area contributed by atoms with E-state index < -0.39 is 0 Å². The summed E-state index contributed by atoms with van der Waals surface area (Å²) in [5, 5.41) is 0. The zero-order valence-electron chi connectivity index (χ0n) is 14.3. The number of benzene rings is 2. The molecule has 1 fully saturated rings. The largest absolute Gasteiger partial charge is 0.493 e. The average Bonchev–Trinajstić information content (AvgIpc) is 3.42. The summed E-state index contributed by atoms with van der Waals surface area (Å²) in [6, 6.07) is 15.3. The Labute approximate surface area is 146 Å². The summed E-state index contributed by atoms with van der Waals surface area (Å²) in [7, 11) is 3.17. The third-order valence-electron chi connectivity index (χ3n) is 4.73. The molecule has 3 rings (SSSR count). The van der Waals surface area contributed by atoms with Gasteiger partial charge in [0.05, 0.1) is 26.7 Å². The molecule has 0 heterocycles. The van der Waals surface area contributed by atoms with Crippen molar-refractivity contribution < 1.29 is 19.0 Å². The molecule has 1 aliphatic rings. The molecule has 2 atom stereocenters. The van der Waals surface area contributed by atoms with E-state index in [2.05, 4.69) is 5.43 Å². The highest BCUT2D eigenvalue weighted by molar-refractivity contribution is 5.84. The summed E-state index contributed by atoms with van der Waals surface area (Å²) in [6.07, 6.45) is 0.702. The molecule has 6 nitrogen and oxygen atoms in total. The van der Waals surface area contributed by atoms with Crippen LogP contribution in [0.25, 0.3) is 0 Å². The fourth-order valence-electron chi connectivity index (χ4n) is 3.20. The van der Waals surface area contributed by atoms with E-state index in [0.717, 1.165) is 5.56 Å². The lowest BCUT2D eigenvalue weighted by Crippen LogP contribution is -2.35. The first-order valence-corrected chi connectivity index (χ1v) is 8.05. The van der Waals surface area contributed by atoms with Gasteiger partial charge in [-0.1, -0.05) is 30.3 Å². The number of ether oxygens (including phenoxy) is 3. The summed E-state index contributed by atoms with van der Waals surface area (Å²) >= 11 is 0. The summed E-state index contributed by atoms with van der Waals surface area (Å²) in [6.45, 7) is 0.380. The van der Waals surface area contributed by atoms with Gasteiger partial charge in [0.1, 0.15) is 5.75 Å². The zero-order valence-corrected chi connectivity index (χ0v) is 14.3. The zero-order chi connectivity index (χ0) is 17.9. The van der Waals surface area contributed by atoms with Crippen LogP contribution >= 0.6 is 0 Å². The Morgan fingerprint density at radius 3 is 2.52 bits per heavy atom. The van der Waals surface area contributed by atoms with Crippen molar-refractivity contribution in [2.45, 2.75) is 11.8 Å². The van der Waals surface area contributed by atoms with Gasteiger partial charge in [0.15, 0.2) is 11.5 Å². The molecular formula is C19H22N2O4. The van der Waals surface area contributed by atoms with Gasteiger partial charge in [0, 0.05) is 11.5 Å². The second-order valence-corrected chi connectivity index (χ2v) is 6.09. The van der Waals surface area contributed by atoms with Gasteiger partial charge in [-0.15, -0.1) is 0 Å². The van der Waals surface area contributed by atoms with E-state index in [1.54, 1.807) is 26.4 Å². The maximum absolute atomic E-state index is 12.0. The fraction of sp³-hybridized carbons (Fsp3) is 0.316. The molecule has 2 aromatic rings. The minimum atomic E-state index is -0.363. The third kappa shape index (κ3) is 3.25. The lowest BCUT2D eigenvalue weighted by molar-refractivity contribution is -0.122. The Hall–Kier alpha value is -2.73. The first-order valence-electron chi connectivity index (χ1n) is 8.05. The number of hydrazine groups is 1. The molecule has 0 radical (unpaired) electrons. The predicted octanol–water partition coefficient (Wildman–Crippen LogP) is 2.03. The van der Waals surface area contributed by atoms with Crippen molar-refractivity contribution in [3.63, 3.8) is 0 Å². The smallest absolute Gasteiger partial charge is 0.238 e. The van der Waals surface area contributed by atoms with Crippen LogP contribution in [0.15, 0.2) is 48.5 Å². The summed E-state index contributed by atoms with van der Waals surface area (Å²) in [5.41, 5.74) is 2.96. The molecule has 132 valence electrons. The van der Waals surface area contributed by atoms with E-state index in [0.29, 0.717) is 30.3 Å². The van der Waals surface area contributed by atoms with Crippen LogP contribution in [0.3, 0.4) is 0 Å². The first-order chi connectivity index (χ1) is 12.1. The quantitative estimate of drug-likeness (QED) is 0.457. The van der Waals surface area contributed by atoms with Crippen molar-refractivity contribution in [2.24, 2.45) is 11.8 Å².